The number of likely N-dealkylation sites (tertiary alicyclic amines) is 2. The number of hydrogen-bond acceptors (Lipinski definition) is 4. The zero-order valence-electron chi connectivity index (χ0n) is 13.2. The molecule has 3 aliphatic rings. The number of rotatable bonds is 4. The van der Waals surface area contributed by atoms with Crippen molar-refractivity contribution in [2.45, 2.75) is 39.2 Å². The van der Waals surface area contributed by atoms with Crippen LogP contribution in [0.3, 0.4) is 0 Å². The molecule has 0 unspecified atom stereocenters. The van der Waals surface area contributed by atoms with Crippen molar-refractivity contribution in [2.75, 3.05) is 32.7 Å². The fraction of sp³-hybridized carbons (Fsp3) is 0.875. The number of carbonyl (C=O) groups is 2. The monoisotopic (exact) mass is 293 g/mol. The maximum Gasteiger partial charge on any atom is 0.234 e. The molecule has 0 aromatic rings. The Kier molecular flexibility index (Phi) is 4.31. The fourth-order valence-electron chi connectivity index (χ4n) is 4.00. The van der Waals surface area contributed by atoms with E-state index in [1.165, 1.54) is 12.8 Å². The van der Waals surface area contributed by atoms with E-state index < -0.39 is 0 Å². The molecular weight excluding hydrogens is 266 g/mol. The molecule has 0 bridgehead atoms. The van der Waals surface area contributed by atoms with Crippen LogP contribution in [0.25, 0.3) is 0 Å². The summed E-state index contributed by atoms with van der Waals surface area (Å²) in [6, 6.07) is 0.625. The van der Waals surface area contributed by atoms with Crippen LogP contribution in [-0.2, 0) is 9.59 Å². The van der Waals surface area contributed by atoms with Gasteiger partial charge in [-0.15, -0.1) is 0 Å². The van der Waals surface area contributed by atoms with E-state index in [0.29, 0.717) is 31.6 Å². The number of hydrogen-bond donors (Lipinski definition) is 1. The Hall–Kier alpha value is -0.940. The number of carbonyl (C=O) groups excluding carboxylic acids is 2. The molecule has 3 heterocycles. The van der Waals surface area contributed by atoms with Crippen LogP contribution in [0.2, 0.25) is 0 Å². The van der Waals surface area contributed by atoms with E-state index in [0.717, 1.165) is 19.5 Å². The van der Waals surface area contributed by atoms with Crippen LogP contribution in [0.15, 0.2) is 0 Å². The number of imide groups is 1. The Bertz CT molecular complexity index is 394. The molecule has 118 valence electrons. The van der Waals surface area contributed by atoms with Crippen molar-refractivity contribution in [1.29, 1.82) is 0 Å². The van der Waals surface area contributed by atoms with Gasteiger partial charge in [-0.05, 0) is 52.1 Å². The third-order valence-electron chi connectivity index (χ3n) is 5.52. The van der Waals surface area contributed by atoms with Gasteiger partial charge >= 0.3 is 0 Å². The van der Waals surface area contributed by atoms with Gasteiger partial charge in [0.15, 0.2) is 0 Å². The predicted molar refractivity (Wildman–Crippen MR) is 80.6 cm³/mol. The van der Waals surface area contributed by atoms with E-state index in [1.807, 2.05) is 0 Å². The maximum absolute atomic E-state index is 12.3. The summed E-state index contributed by atoms with van der Waals surface area (Å²) in [6.07, 6.45) is 3.38. The normalized spacial score (nSPS) is 31.5. The molecule has 1 N–H and O–H groups in total. The Morgan fingerprint density at radius 3 is 2.19 bits per heavy atom. The van der Waals surface area contributed by atoms with Gasteiger partial charge in [0, 0.05) is 25.7 Å². The maximum atomic E-state index is 12.3. The molecule has 2 atom stereocenters. The highest BCUT2D eigenvalue weighted by molar-refractivity contribution is 6.05. The van der Waals surface area contributed by atoms with Crippen molar-refractivity contribution in [3.05, 3.63) is 0 Å². The second-order valence-electron chi connectivity index (χ2n) is 7.06. The van der Waals surface area contributed by atoms with E-state index >= 15 is 0 Å². The van der Waals surface area contributed by atoms with E-state index in [2.05, 4.69) is 24.1 Å². The van der Waals surface area contributed by atoms with E-state index in [4.69, 9.17) is 0 Å². The minimum atomic E-state index is -0.0831. The third-order valence-corrected chi connectivity index (χ3v) is 5.52. The van der Waals surface area contributed by atoms with E-state index in [1.54, 1.807) is 4.90 Å². The number of piperidine rings is 1. The molecule has 3 rings (SSSR count). The lowest BCUT2D eigenvalue weighted by molar-refractivity contribution is -0.140. The molecule has 0 saturated carbocycles. The number of nitrogens with zero attached hydrogens (tertiary/aromatic N) is 2. The number of nitrogens with one attached hydrogen (secondary N) is 1. The lowest BCUT2D eigenvalue weighted by atomic mass is 9.92. The molecule has 0 aromatic carbocycles. The SMILES string of the molecule is CC(C)N1CCC(CCN2C(=O)[C@H]3CNC[C@H]3C2=O)CC1. The van der Waals surface area contributed by atoms with Crippen molar-refractivity contribution in [1.82, 2.24) is 15.1 Å². The van der Waals surface area contributed by atoms with Gasteiger partial charge in [0.1, 0.15) is 0 Å². The first-order chi connectivity index (χ1) is 10.1. The summed E-state index contributed by atoms with van der Waals surface area (Å²) >= 11 is 0. The topological polar surface area (TPSA) is 52.6 Å². The van der Waals surface area contributed by atoms with Gasteiger partial charge in [-0.3, -0.25) is 14.5 Å². The second kappa shape index (κ2) is 6.05. The van der Waals surface area contributed by atoms with E-state index in [-0.39, 0.29) is 23.7 Å². The van der Waals surface area contributed by atoms with Crippen molar-refractivity contribution >= 4 is 11.8 Å². The van der Waals surface area contributed by atoms with Crippen molar-refractivity contribution in [2.24, 2.45) is 17.8 Å². The standard InChI is InChI=1S/C16H27N3O2/c1-11(2)18-6-3-12(4-7-18)5-8-19-15(20)13-9-17-10-14(13)16(19)21/h11-14,17H,3-10H2,1-2H3/t13-,14+. The first-order valence-corrected chi connectivity index (χ1v) is 8.38. The zero-order chi connectivity index (χ0) is 15.0. The second-order valence-corrected chi connectivity index (χ2v) is 7.06. The molecule has 0 spiro atoms. The molecule has 5 nitrogen and oxygen atoms in total. The van der Waals surface area contributed by atoms with E-state index in [9.17, 15) is 9.59 Å². The largest absolute Gasteiger partial charge is 0.315 e. The van der Waals surface area contributed by atoms with Gasteiger partial charge in [0.25, 0.3) is 0 Å². The van der Waals surface area contributed by atoms with Crippen LogP contribution in [-0.4, -0.2) is 60.4 Å². The van der Waals surface area contributed by atoms with Crippen LogP contribution in [0.1, 0.15) is 33.1 Å². The van der Waals surface area contributed by atoms with Gasteiger partial charge in [0.05, 0.1) is 11.8 Å². The van der Waals surface area contributed by atoms with Gasteiger partial charge in [-0.2, -0.15) is 0 Å². The number of amides is 2. The minimum absolute atomic E-state index is 0.0645. The average molecular weight is 293 g/mol. The summed E-state index contributed by atoms with van der Waals surface area (Å²) < 4.78 is 0. The fourth-order valence-corrected chi connectivity index (χ4v) is 4.00. The predicted octanol–water partition coefficient (Wildman–Crippen LogP) is 0.701. The van der Waals surface area contributed by atoms with Gasteiger partial charge in [-0.25, -0.2) is 0 Å². The van der Waals surface area contributed by atoms with Crippen LogP contribution in [0.4, 0.5) is 0 Å². The van der Waals surface area contributed by atoms with Gasteiger partial charge in [0.2, 0.25) is 11.8 Å². The van der Waals surface area contributed by atoms with Crippen LogP contribution in [0.5, 0.6) is 0 Å². The number of fused-ring (bicyclic) bond motifs is 1. The molecule has 0 radical (unpaired) electrons. The molecule has 3 fully saturated rings. The van der Waals surface area contributed by atoms with Crippen molar-refractivity contribution < 1.29 is 9.59 Å². The first kappa shape index (κ1) is 15.0. The minimum Gasteiger partial charge on any atom is -0.315 e. The summed E-state index contributed by atoms with van der Waals surface area (Å²) in [5.41, 5.74) is 0. The zero-order valence-corrected chi connectivity index (χ0v) is 13.2. The summed E-state index contributed by atoms with van der Waals surface area (Å²) in [7, 11) is 0. The van der Waals surface area contributed by atoms with Gasteiger partial charge < -0.3 is 10.2 Å². The lowest BCUT2D eigenvalue weighted by Crippen LogP contribution is -2.40. The summed E-state index contributed by atoms with van der Waals surface area (Å²) in [4.78, 5) is 28.6. The Labute approximate surface area is 127 Å². The van der Waals surface area contributed by atoms with Crippen molar-refractivity contribution in [3.63, 3.8) is 0 Å². The van der Waals surface area contributed by atoms with Crippen molar-refractivity contribution in [3.8, 4) is 0 Å². The molecule has 5 heteroatoms. The highest BCUT2D eigenvalue weighted by atomic mass is 16.2. The Balaban J connectivity index is 1.48. The molecule has 3 saturated heterocycles. The third kappa shape index (κ3) is 2.86. The quantitative estimate of drug-likeness (QED) is 0.775. The smallest absolute Gasteiger partial charge is 0.234 e. The Morgan fingerprint density at radius 1 is 1.10 bits per heavy atom. The summed E-state index contributed by atoms with van der Waals surface area (Å²) in [5, 5.41) is 3.15. The molecular formula is C16H27N3O2. The molecule has 2 amide bonds. The molecule has 0 aliphatic carbocycles. The molecule has 3 aliphatic heterocycles. The van der Waals surface area contributed by atoms with Gasteiger partial charge in [-0.1, -0.05) is 0 Å². The molecule has 0 aromatic heterocycles. The molecule has 21 heavy (non-hydrogen) atoms. The van der Waals surface area contributed by atoms with Crippen LogP contribution in [0, 0.1) is 17.8 Å². The summed E-state index contributed by atoms with van der Waals surface area (Å²) in [6.45, 7) is 8.79. The Morgan fingerprint density at radius 2 is 1.67 bits per heavy atom. The lowest BCUT2D eigenvalue weighted by Gasteiger charge is -2.35. The summed E-state index contributed by atoms with van der Waals surface area (Å²) in [5.74, 6) is 0.629. The first-order valence-electron chi connectivity index (χ1n) is 8.38. The highest BCUT2D eigenvalue weighted by Gasteiger charge is 2.49. The van der Waals surface area contributed by atoms with Crippen LogP contribution >= 0.6 is 0 Å². The average Bonchev–Trinajstić information content (AvgIpc) is 3.03. The van der Waals surface area contributed by atoms with Crippen LogP contribution < -0.4 is 5.32 Å². The highest BCUT2D eigenvalue weighted by Crippen LogP contribution is 2.30.